The zero-order valence-electron chi connectivity index (χ0n) is 11.9. The topological polar surface area (TPSA) is 114 Å². The lowest BCUT2D eigenvalue weighted by molar-refractivity contribution is -0.119. The molecule has 1 aliphatic rings. The minimum absolute atomic E-state index is 0.208. The molecule has 0 spiro atoms. The van der Waals surface area contributed by atoms with Crippen molar-refractivity contribution in [2.45, 2.75) is 50.1 Å². The summed E-state index contributed by atoms with van der Waals surface area (Å²) in [6, 6.07) is -0.822. The van der Waals surface area contributed by atoms with E-state index in [-0.39, 0.29) is 12.3 Å². The van der Waals surface area contributed by atoms with E-state index in [1.54, 1.807) is 0 Å². The molecular weight excluding hydrogens is 290 g/mol. The standard InChI is InChI=1S/C13H21N5O2S/c14-12(20)16-11(19)7-8-21-13-15-10(17-18-13)6-5-9-3-1-2-4-9/h9H,1-8H2,(H,15,17,18)(H3,14,16,19,20). The smallest absolute Gasteiger partial charge is 0.318 e. The van der Waals surface area contributed by atoms with Crippen molar-refractivity contribution in [2.24, 2.45) is 11.7 Å². The largest absolute Gasteiger partial charge is 0.351 e. The van der Waals surface area contributed by atoms with E-state index in [1.165, 1.54) is 43.9 Å². The maximum Gasteiger partial charge on any atom is 0.318 e. The minimum Gasteiger partial charge on any atom is -0.351 e. The molecule has 21 heavy (non-hydrogen) atoms. The maximum absolute atomic E-state index is 11.2. The van der Waals surface area contributed by atoms with Crippen LogP contribution in [0.15, 0.2) is 5.16 Å². The fourth-order valence-electron chi connectivity index (χ4n) is 2.53. The number of hydrogen-bond acceptors (Lipinski definition) is 5. The molecule has 1 saturated carbocycles. The molecule has 1 aromatic rings. The van der Waals surface area contributed by atoms with Gasteiger partial charge in [0, 0.05) is 18.6 Å². The summed E-state index contributed by atoms with van der Waals surface area (Å²) >= 11 is 1.39. The number of hydrogen-bond donors (Lipinski definition) is 3. The van der Waals surface area contributed by atoms with Crippen LogP contribution < -0.4 is 11.1 Å². The minimum atomic E-state index is -0.822. The van der Waals surface area contributed by atoms with E-state index in [2.05, 4.69) is 15.2 Å². The number of amides is 3. The average molecular weight is 311 g/mol. The second-order valence-corrected chi connectivity index (χ2v) is 6.33. The number of aromatic nitrogens is 3. The Hall–Kier alpha value is -1.57. The highest BCUT2D eigenvalue weighted by molar-refractivity contribution is 7.99. The maximum atomic E-state index is 11.2. The second kappa shape index (κ2) is 8.02. The van der Waals surface area contributed by atoms with Crippen molar-refractivity contribution < 1.29 is 9.59 Å². The van der Waals surface area contributed by atoms with Crippen molar-refractivity contribution in [1.82, 2.24) is 20.5 Å². The van der Waals surface area contributed by atoms with E-state index in [4.69, 9.17) is 5.73 Å². The summed E-state index contributed by atoms with van der Waals surface area (Å²) in [5.41, 5.74) is 4.86. The number of primary amides is 1. The number of rotatable bonds is 7. The van der Waals surface area contributed by atoms with Crippen molar-refractivity contribution in [2.75, 3.05) is 5.75 Å². The van der Waals surface area contributed by atoms with E-state index in [0.717, 1.165) is 18.2 Å². The molecule has 1 heterocycles. The number of carbonyl (C=O) groups is 2. The normalized spacial score (nSPS) is 15.2. The quantitative estimate of drug-likeness (QED) is 0.662. The first-order valence-corrected chi connectivity index (χ1v) is 8.25. The molecule has 4 N–H and O–H groups in total. The van der Waals surface area contributed by atoms with Crippen molar-refractivity contribution in [3.8, 4) is 0 Å². The van der Waals surface area contributed by atoms with Gasteiger partial charge in [0.05, 0.1) is 0 Å². The first-order chi connectivity index (χ1) is 10.1. The number of nitrogens with two attached hydrogens (primary N) is 1. The fraction of sp³-hybridized carbons (Fsp3) is 0.692. The van der Waals surface area contributed by atoms with Crippen LogP contribution in [0.2, 0.25) is 0 Å². The Labute approximate surface area is 127 Å². The van der Waals surface area contributed by atoms with Crippen molar-refractivity contribution in [3.63, 3.8) is 0 Å². The second-order valence-electron chi connectivity index (χ2n) is 5.26. The Morgan fingerprint density at radius 2 is 2.14 bits per heavy atom. The van der Waals surface area contributed by atoms with Crippen LogP contribution >= 0.6 is 11.8 Å². The molecule has 0 atom stereocenters. The number of aryl methyl sites for hydroxylation is 1. The van der Waals surface area contributed by atoms with Gasteiger partial charge in [-0.1, -0.05) is 37.4 Å². The molecule has 0 aliphatic heterocycles. The van der Waals surface area contributed by atoms with Crippen LogP contribution in [0.1, 0.15) is 44.3 Å². The Bertz CT molecular complexity index is 485. The summed E-state index contributed by atoms with van der Waals surface area (Å²) in [7, 11) is 0. The first kappa shape index (κ1) is 15.8. The van der Waals surface area contributed by atoms with Gasteiger partial charge in [-0.2, -0.15) is 0 Å². The van der Waals surface area contributed by atoms with Gasteiger partial charge in [0.1, 0.15) is 5.82 Å². The van der Waals surface area contributed by atoms with Crippen LogP contribution in [0, 0.1) is 5.92 Å². The lowest BCUT2D eigenvalue weighted by Gasteiger charge is -2.05. The highest BCUT2D eigenvalue weighted by Crippen LogP contribution is 2.28. The van der Waals surface area contributed by atoms with Crippen LogP contribution in [0.5, 0.6) is 0 Å². The molecule has 3 amide bonds. The van der Waals surface area contributed by atoms with Crippen LogP contribution in [-0.2, 0) is 11.2 Å². The number of thioether (sulfide) groups is 1. The molecule has 0 unspecified atom stereocenters. The van der Waals surface area contributed by atoms with Gasteiger partial charge in [-0.3, -0.25) is 15.2 Å². The summed E-state index contributed by atoms with van der Waals surface area (Å²) in [5.74, 6) is 1.88. The molecule has 1 fully saturated rings. The van der Waals surface area contributed by atoms with Crippen LogP contribution in [0.4, 0.5) is 4.79 Å². The summed E-state index contributed by atoms with van der Waals surface area (Å²) in [5, 5.41) is 9.73. The number of nitrogens with one attached hydrogen (secondary N) is 2. The third-order valence-corrected chi connectivity index (χ3v) is 4.45. The zero-order valence-corrected chi connectivity index (χ0v) is 12.7. The van der Waals surface area contributed by atoms with Gasteiger partial charge in [-0.05, 0) is 12.3 Å². The summed E-state index contributed by atoms with van der Waals surface area (Å²) < 4.78 is 0. The number of nitrogens with zero attached hydrogens (tertiary/aromatic N) is 2. The van der Waals surface area contributed by atoms with E-state index in [9.17, 15) is 9.59 Å². The van der Waals surface area contributed by atoms with Gasteiger partial charge in [-0.15, -0.1) is 5.10 Å². The summed E-state index contributed by atoms with van der Waals surface area (Å²) in [6.45, 7) is 0. The molecule has 0 radical (unpaired) electrons. The molecule has 8 heteroatoms. The fourth-order valence-corrected chi connectivity index (χ4v) is 3.28. The molecule has 2 rings (SSSR count). The van der Waals surface area contributed by atoms with E-state index < -0.39 is 6.03 Å². The molecule has 1 aliphatic carbocycles. The molecule has 1 aromatic heterocycles. The average Bonchev–Trinajstić information content (AvgIpc) is 3.06. The Morgan fingerprint density at radius 3 is 2.86 bits per heavy atom. The molecule has 0 aromatic carbocycles. The Balaban J connectivity index is 1.65. The third kappa shape index (κ3) is 5.74. The molecule has 0 bridgehead atoms. The van der Waals surface area contributed by atoms with Crippen molar-refractivity contribution in [3.05, 3.63) is 5.82 Å². The van der Waals surface area contributed by atoms with E-state index >= 15 is 0 Å². The van der Waals surface area contributed by atoms with Gasteiger partial charge in [-0.25, -0.2) is 9.78 Å². The van der Waals surface area contributed by atoms with Gasteiger partial charge in [0.2, 0.25) is 11.1 Å². The van der Waals surface area contributed by atoms with Crippen molar-refractivity contribution >= 4 is 23.7 Å². The lowest BCUT2D eigenvalue weighted by atomic mass is 10.0. The van der Waals surface area contributed by atoms with Crippen LogP contribution in [-0.4, -0.2) is 32.9 Å². The Morgan fingerprint density at radius 1 is 1.38 bits per heavy atom. The number of urea groups is 1. The Kier molecular flexibility index (Phi) is 6.04. The number of imide groups is 1. The van der Waals surface area contributed by atoms with Crippen molar-refractivity contribution in [1.29, 1.82) is 0 Å². The van der Waals surface area contributed by atoms with Crippen LogP contribution in [0.25, 0.3) is 0 Å². The van der Waals surface area contributed by atoms with E-state index in [0.29, 0.717) is 10.9 Å². The zero-order chi connectivity index (χ0) is 15.1. The molecule has 116 valence electrons. The highest BCUT2D eigenvalue weighted by Gasteiger charge is 2.15. The molecule has 0 saturated heterocycles. The molecular formula is C13H21N5O2S. The van der Waals surface area contributed by atoms with Crippen LogP contribution in [0.3, 0.4) is 0 Å². The lowest BCUT2D eigenvalue weighted by Crippen LogP contribution is -2.35. The van der Waals surface area contributed by atoms with Gasteiger partial charge < -0.3 is 5.73 Å². The predicted molar refractivity (Wildman–Crippen MR) is 79.7 cm³/mol. The third-order valence-electron chi connectivity index (χ3n) is 3.60. The highest BCUT2D eigenvalue weighted by atomic mass is 32.2. The number of aromatic amines is 1. The first-order valence-electron chi connectivity index (χ1n) is 7.27. The SMILES string of the molecule is NC(=O)NC(=O)CCSc1n[nH]c(CCC2CCCC2)n1. The van der Waals surface area contributed by atoms with Gasteiger partial charge in [0.15, 0.2) is 0 Å². The number of carbonyl (C=O) groups excluding carboxylic acids is 2. The van der Waals surface area contributed by atoms with Gasteiger partial charge in [0.25, 0.3) is 0 Å². The summed E-state index contributed by atoms with van der Waals surface area (Å²) in [4.78, 5) is 26.1. The number of H-pyrrole nitrogens is 1. The monoisotopic (exact) mass is 311 g/mol. The van der Waals surface area contributed by atoms with E-state index in [1.807, 2.05) is 5.32 Å². The summed E-state index contributed by atoms with van der Waals surface area (Å²) in [6.07, 6.45) is 7.70. The predicted octanol–water partition coefficient (Wildman–Crippen LogP) is 1.60. The molecule has 7 nitrogen and oxygen atoms in total. The van der Waals surface area contributed by atoms with Gasteiger partial charge >= 0.3 is 6.03 Å².